The molecule has 19 heavy (non-hydrogen) atoms. The van der Waals surface area contributed by atoms with E-state index in [1.54, 1.807) is 0 Å². The van der Waals surface area contributed by atoms with Crippen LogP contribution in [0, 0.1) is 13.8 Å². The average Bonchev–Trinajstić information content (AvgIpc) is 2.69. The molecule has 5 heteroatoms. The van der Waals surface area contributed by atoms with Gasteiger partial charge in [-0.25, -0.2) is 0 Å². The third-order valence-electron chi connectivity index (χ3n) is 3.53. The summed E-state index contributed by atoms with van der Waals surface area (Å²) in [6, 6.07) is 2.20. The highest BCUT2D eigenvalue weighted by Crippen LogP contribution is 2.23. The summed E-state index contributed by atoms with van der Waals surface area (Å²) in [5.74, 6) is 0.138. The number of hydrogen-bond acceptors (Lipinski definition) is 4. The zero-order chi connectivity index (χ0) is 13.8. The quantitative estimate of drug-likeness (QED) is 0.874. The van der Waals surface area contributed by atoms with Crippen LogP contribution < -0.4 is 10.6 Å². The zero-order valence-corrected chi connectivity index (χ0v) is 12.8. The topological polar surface area (TPSA) is 44.4 Å². The Labute approximate surface area is 119 Å². The molecule has 0 aliphatic carbocycles. The van der Waals surface area contributed by atoms with Gasteiger partial charge in [-0.1, -0.05) is 0 Å². The number of carbonyl (C=O) groups excluding carboxylic acids is 1. The summed E-state index contributed by atoms with van der Waals surface area (Å²) in [5, 5.41) is 6.24. The van der Waals surface area contributed by atoms with Crippen LogP contribution in [-0.4, -0.2) is 43.0 Å². The Kier molecular flexibility index (Phi) is 4.96. The molecular weight excluding hydrogens is 258 g/mol. The molecule has 4 nitrogen and oxygen atoms in total. The fourth-order valence-electron chi connectivity index (χ4n) is 2.55. The Hall–Kier alpha value is -0.910. The number of nitrogens with zero attached hydrogens (tertiary/aromatic N) is 1. The number of carbonyl (C=O) groups is 1. The van der Waals surface area contributed by atoms with Crippen LogP contribution in [0.1, 0.15) is 22.2 Å². The number of amides is 1. The Bertz CT molecular complexity index is 444. The van der Waals surface area contributed by atoms with Gasteiger partial charge in [0, 0.05) is 42.5 Å². The van der Waals surface area contributed by atoms with Crippen molar-refractivity contribution >= 4 is 17.2 Å². The molecule has 0 saturated carbocycles. The summed E-state index contributed by atoms with van der Waals surface area (Å²) in [7, 11) is 0. The Morgan fingerprint density at radius 3 is 3.00 bits per heavy atom. The first-order valence-electron chi connectivity index (χ1n) is 6.90. The molecule has 1 fully saturated rings. The van der Waals surface area contributed by atoms with E-state index in [-0.39, 0.29) is 11.9 Å². The van der Waals surface area contributed by atoms with E-state index in [1.165, 1.54) is 15.3 Å². The molecule has 1 saturated heterocycles. The predicted octanol–water partition coefficient (Wildman–Crippen LogP) is 1.27. The van der Waals surface area contributed by atoms with Gasteiger partial charge in [0.25, 0.3) is 0 Å². The molecule has 2 heterocycles. The van der Waals surface area contributed by atoms with Crippen LogP contribution in [0.3, 0.4) is 0 Å². The highest BCUT2D eigenvalue weighted by molar-refractivity contribution is 7.12. The van der Waals surface area contributed by atoms with Crippen molar-refractivity contribution in [2.75, 3.05) is 26.2 Å². The molecule has 1 aliphatic heterocycles. The summed E-state index contributed by atoms with van der Waals surface area (Å²) < 4.78 is 0. The summed E-state index contributed by atoms with van der Waals surface area (Å²) >= 11 is 1.83. The summed E-state index contributed by atoms with van der Waals surface area (Å²) in [5.41, 5.74) is 1.36. The van der Waals surface area contributed by atoms with Gasteiger partial charge < -0.3 is 10.6 Å². The van der Waals surface area contributed by atoms with Gasteiger partial charge in [0.2, 0.25) is 5.91 Å². The van der Waals surface area contributed by atoms with Gasteiger partial charge in [0.1, 0.15) is 6.04 Å². The van der Waals surface area contributed by atoms with Gasteiger partial charge in [0.05, 0.1) is 0 Å². The number of nitrogens with one attached hydrogen (secondary N) is 2. The van der Waals surface area contributed by atoms with E-state index < -0.39 is 0 Å². The van der Waals surface area contributed by atoms with Crippen LogP contribution in [0.2, 0.25) is 0 Å². The van der Waals surface area contributed by atoms with Crippen LogP contribution in [0.4, 0.5) is 0 Å². The second kappa shape index (κ2) is 6.50. The van der Waals surface area contributed by atoms with Gasteiger partial charge in [-0.2, -0.15) is 0 Å². The Morgan fingerprint density at radius 1 is 1.58 bits per heavy atom. The molecule has 106 valence electrons. The molecule has 1 aromatic heterocycles. The van der Waals surface area contributed by atoms with E-state index >= 15 is 0 Å². The van der Waals surface area contributed by atoms with Gasteiger partial charge >= 0.3 is 0 Å². The summed E-state index contributed by atoms with van der Waals surface area (Å²) in [6.45, 7) is 10.5. The second-order valence-electron chi connectivity index (χ2n) is 5.02. The highest BCUT2D eigenvalue weighted by atomic mass is 32.1. The third-order valence-corrected chi connectivity index (χ3v) is 4.53. The molecule has 1 aliphatic rings. The number of aryl methyl sites for hydroxylation is 2. The van der Waals surface area contributed by atoms with Crippen molar-refractivity contribution in [3.63, 3.8) is 0 Å². The van der Waals surface area contributed by atoms with Crippen LogP contribution in [0.25, 0.3) is 0 Å². The number of piperazine rings is 1. The predicted molar refractivity (Wildman–Crippen MR) is 79.5 cm³/mol. The molecule has 0 spiro atoms. The van der Waals surface area contributed by atoms with Crippen molar-refractivity contribution in [2.45, 2.75) is 33.4 Å². The number of hydrogen-bond donors (Lipinski definition) is 2. The van der Waals surface area contributed by atoms with Crippen molar-refractivity contribution in [2.24, 2.45) is 0 Å². The van der Waals surface area contributed by atoms with Gasteiger partial charge in [-0.05, 0) is 32.4 Å². The van der Waals surface area contributed by atoms with Crippen molar-refractivity contribution < 1.29 is 4.79 Å². The van der Waals surface area contributed by atoms with Crippen LogP contribution in [0.5, 0.6) is 0 Å². The van der Waals surface area contributed by atoms with E-state index in [4.69, 9.17) is 0 Å². The lowest BCUT2D eigenvalue weighted by Crippen LogP contribution is -2.57. The highest BCUT2D eigenvalue weighted by Gasteiger charge is 2.28. The lowest BCUT2D eigenvalue weighted by Gasteiger charge is -2.35. The maximum absolute atomic E-state index is 12.1. The normalized spacial score (nSPS) is 20.5. The first-order chi connectivity index (χ1) is 9.11. The lowest BCUT2D eigenvalue weighted by atomic mass is 10.1. The number of likely N-dealkylation sites (N-methyl/N-ethyl adjacent to an activating group) is 1. The van der Waals surface area contributed by atoms with E-state index in [9.17, 15) is 4.79 Å². The van der Waals surface area contributed by atoms with E-state index in [2.05, 4.69) is 35.4 Å². The van der Waals surface area contributed by atoms with E-state index in [1.807, 2.05) is 18.3 Å². The molecule has 1 atom stereocenters. The maximum atomic E-state index is 12.1. The van der Waals surface area contributed by atoms with Gasteiger partial charge in [-0.3, -0.25) is 9.69 Å². The molecule has 0 radical (unpaired) electrons. The van der Waals surface area contributed by atoms with E-state index in [0.717, 1.165) is 26.2 Å². The van der Waals surface area contributed by atoms with Crippen molar-refractivity contribution in [3.05, 3.63) is 21.4 Å². The Morgan fingerprint density at radius 2 is 2.37 bits per heavy atom. The fourth-order valence-corrected chi connectivity index (χ4v) is 3.48. The van der Waals surface area contributed by atoms with E-state index in [0.29, 0.717) is 6.54 Å². The zero-order valence-electron chi connectivity index (χ0n) is 12.0. The van der Waals surface area contributed by atoms with Crippen molar-refractivity contribution in [1.29, 1.82) is 0 Å². The van der Waals surface area contributed by atoms with Crippen LogP contribution >= 0.6 is 11.3 Å². The SMILES string of the molecule is CCNC(=O)C1CNCCN1Cc1cc(C)sc1C. The first-order valence-corrected chi connectivity index (χ1v) is 7.72. The molecule has 1 amide bonds. The minimum Gasteiger partial charge on any atom is -0.355 e. The lowest BCUT2D eigenvalue weighted by molar-refractivity contribution is -0.127. The van der Waals surface area contributed by atoms with Crippen LogP contribution in [-0.2, 0) is 11.3 Å². The summed E-state index contributed by atoms with van der Waals surface area (Å²) in [6.07, 6.45) is 0. The molecule has 2 N–H and O–H groups in total. The van der Waals surface area contributed by atoms with Gasteiger partial charge in [0.15, 0.2) is 0 Å². The fraction of sp³-hybridized carbons (Fsp3) is 0.643. The number of thiophene rings is 1. The molecule has 0 bridgehead atoms. The first kappa shape index (κ1) is 14.5. The minimum absolute atomic E-state index is 0.0479. The standard InChI is InChI=1S/C14H23N3OS/c1-4-16-14(18)13-8-15-5-6-17(13)9-12-7-10(2)19-11(12)3/h7,13,15H,4-6,8-9H2,1-3H3,(H,16,18). The maximum Gasteiger partial charge on any atom is 0.238 e. The monoisotopic (exact) mass is 281 g/mol. The molecule has 0 aromatic carbocycles. The Balaban J connectivity index is 2.07. The molecule has 1 aromatic rings. The smallest absolute Gasteiger partial charge is 0.238 e. The molecule has 1 unspecified atom stereocenters. The average molecular weight is 281 g/mol. The number of rotatable bonds is 4. The van der Waals surface area contributed by atoms with Crippen molar-refractivity contribution in [3.8, 4) is 0 Å². The second-order valence-corrected chi connectivity index (χ2v) is 6.48. The summed E-state index contributed by atoms with van der Waals surface area (Å²) in [4.78, 5) is 17.1. The molecular formula is C14H23N3OS. The molecule has 2 rings (SSSR count). The minimum atomic E-state index is -0.0479. The third kappa shape index (κ3) is 3.55. The largest absolute Gasteiger partial charge is 0.355 e. The van der Waals surface area contributed by atoms with Gasteiger partial charge in [-0.15, -0.1) is 11.3 Å². The van der Waals surface area contributed by atoms with Crippen LogP contribution in [0.15, 0.2) is 6.07 Å². The van der Waals surface area contributed by atoms with Crippen molar-refractivity contribution in [1.82, 2.24) is 15.5 Å².